The Bertz CT molecular complexity index is 712. The summed E-state index contributed by atoms with van der Waals surface area (Å²) in [6, 6.07) is 5.20. The smallest absolute Gasteiger partial charge is 0.325 e. The largest absolute Gasteiger partial charge is 0.465 e. The van der Waals surface area contributed by atoms with Crippen molar-refractivity contribution in [1.82, 2.24) is 9.97 Å². The van der Waals surface area contributed by atoms with E-state index in [1.807, 2.05) is 0 Å². The van der Waals surface area contributed by atoms with Gasteiger partial charge in [-0.1, -0.05) is 0 Å². The van der Waals surface area contributed by atoms with Crippen LogP contribution in [0.1, 0.15) is 13.8 Å². The number of ether oxygens (including phenoxy) is 2. The number of fused-ring (bicyclic) bond motifs is 1. The van der Waals surface area contributed by atoms with Crippen LogP contribution >= 0.6 is 0 Å². The van der Waals surface area contributed by atoms with Gasteiger partial charge in [-0.15, -0.1) is 0 Å². The van der Waals surface area contributed by atoms with E-state index in [0.29, 0.717) is 11.2 Å². The van der Waals surface area contributed by atoms with E-state index in [0.717, 1.165) is 5.52 Å². The van der Waals surface area contributed by atoms with Crippen molar-refractivity contribution in [3.8, 4) is 0 Å². The van der Waals surface area contributed by atoms with E-state index < -0.39 is 17.9 Å². The lowest BCUT2D eigenvalue weighted by molar-refractivity contribution is -0.157. The number of esters is 2. The van der Waals surface area contributed by atoms with Crippen LogP contribution in [0.3, 0.4) is 0 Å². The number of aliphatic imine (C=N–C) groups is 1. The first kappa shape index (κ1) is 16.5. The molecule has 2 aromatic rings. The first-order valence-corrected chi connectivity index (χ1v) is 7.24. The lowest BCUT2D eigenvalue weighted by Gasteiger charge is -2.10. The standard InChI is InChI=1S/C16H17N3O4/c1-3-22-15(20)12(16(21)23-4-2)10-19-11-5-6-13-14(9-11)18-8-7-17-13/h5-10,12H,3-4H2,1-2H3. The molecule has 23 heavy (non-hydrogen) atoms. The third-order valence-electron chi connectivity index (χ3n) is 2.91. The molecule has 1 heterocycles. The minimum atomic E-state index is -1.19. The highest BCUT2D eigenvalue weighted by Crippen LogP contribution is 2.18. The average Bonchev–Trinajstić information content (AvgIpc) is 2.55. The van der Waals surface area contributed by atoms with Crippen molar-refractivity contribution in [3.05, 3.63) is 30.6 Å². The minimum absolute atomic E-state index is 0.175. The van der Waals surface area contributed by atoms with E-state index in [9.17, 15) is 9.59 Å². The highest BCUT2D eigenvalue weighted by atomic mass is 16.6. The Morgan fingerprint density at radius 2 is 1.70 bits per heavy atom. The Kier molecular flexibility index (Phi) is 5.74. The predicted molar refractivity (Wildman–Crippen MR) is 84.4 cm³/mol. The first-order chi connectivity index (χ1) is 11.2. The Balaban J connectivity index is 2.23. The van der Waals surface area contributed by atoms with Crippen LogP contribution in [-0.2, 0) is 19.1 Å². The molecule has 0 bridgehead atoms. The average molecular weight is 315 g/mol. The van der Waals surface area contributed by atoms with Crippen molar-refractivity contribution in [2.75, 3.05) is 13.2 Å². The Morgan fingerprint density at radius 3 is 2.30 bits per heavy atom. The van der Waals surface area contributed by atoms with Gasteiger partial charge in [0, 0.05) is 18.6 Å². The first-order valence-electron chi connectivity index (χ1n) is 7.24. The van der Waals surface area contributed by atoms with E-state index in [1.165, 1.54) is 6.21 Å². The highest BCUT2D eigenvalue weighted by Gasteiger charge is 2.27. The summed E-state index contributed by atoms with van der Waals surface area (Å²) in [5, 5.41) is 0. The second-order valence-electron chi connectivity index (χ2n) is 4.49. The van der Waals surface area contributed by atoms with Gasteiger partial charge in [-0.05, 0) is 32.0 Å². The van der Waals surface area contributed by atoms with Crippen LogP contribution < -0.4 is 0 Å². The van der Waals surface area contributed by atoms with Gasteiger partial charge in [0.05, 0.1) is 29.9 Å². The molecule has 0 radical (unpaired) electrons. The summed E-state index contributed by atoms with van der Waals surface area (Å²) >= 11 is 0. The van der Waals surface area contributed by atoms with Crippen LogP contribution in [-0.4, -0.2) is 41.3 Å². The summed E-state index contributed by atoms with van der Waals surface area (Å²) in [5.41, 5.74) is 1.96. The molecule has 0 saturated heterocycles. The van der Waals surface area contributed by atoms with Crippen LogP contribution in [0.4, 0.5) is 5.69 Å². The van der Waals surface area contributed by atoms with E-state index >= 15 is 0 Å². The maximum absolute atomic E-state index is 11.9. The fraction of sp³-hybridized carbons (Fsp3) is 0.312. The summed E-state index contributed by atoms with van der Waals surface area (Å²) in [6.45, 7) is 3.68. The van der Waals surface area contributed by atoms with Crippen LogP contribution in [0.15, 0.2) is 35.6 Å². The number of aromatic nitrogens is 2. The number of hydrogen-bond acceptors (Lipinski definition) is 7. The fourth-order valence-electron chi connectivity index (χ4n) is 1.87. The van der Waals surface area contributed by atoms with Gasteiger partial charge in [-0.2, -0.15) is 0 Å². The van der Waals surface area contributed by atoms with E-state index in [4.69, 9.17) is 9.47 Å². The zero-order valence-electron chi connectivity index (χ0n) is 12.9. The van der Waals surface area contributed by atoms with Gasteiger partial charge < -0.3 is 9.47 Å². The highest BCUT2D eigenvalue weighted by molar-refractivity contribution is 6.09. The molecule has 0 aliphatic heterocycles. The topological polar surface area (TPSA) is 90.7 Å². The van der Waals surface area contributed by atoms with Crippen molar-refractivity contribution in [3.63, 3.8) is 0 Å². The van der Waals surface area contributed by atoms with Gasteiger partial charge in [-0.25, -0.2) is 0 Å². The van der Waals surface area contributed by atoms with Gasteiger partial charge in [0.15, 0.2) is 5.92 Å². The van der Waals surface area contributed by atoms with Crippen LogP contribution in [0.25, 0.3) is 11.0 Å². The van der Waals surface area contributed by atoms with E-state index in [-0.39, 0.29) is 13.2 Å². The van der Waals surface area contributed by atoms with Gasteiger partial charge in [0.25, 0.3) is 0 Å². The molecular formula is C16H17N3O4. The summed E-state index contributed by atoms with van der Waals surface area (Å²) in [5.74, 6) is -2.56. The lowest BCUT2D eigenvalue weighted by atomic mass is 10.1. The van der Waals surface area contributed by atoms with Crippen molar-refractivity contribution in [2.45, 2.75) is 13.8 Å². The van der Waals surface area contributed by atoms with E-state index in [1.54, 1.807) is 44.4 Å². The molecule has 0 aliphatic rings. The van der Waals surface area contributed by atoms with Crippen LogP contribution in [0.5, 0.6) is 0 Å². The van der Waals surface area contributed by atoms with Crippen molar-refractivity contribution < 1.29 is 19.1 Å². The summed E-state index contributed by atoms with van der Waals surface area (Å²) < 4.78 is 9.75. The lowest BCUT2D eigenvalue weighted by Crippen LogP contribution is -2.29. The summed E-state index contributed by atoms with van der Waals surface area (Å²) in [4.78, 5) is 36.2. The van der Waals surface area contributed by atoms with Crippen LogP contribution in [0.2, 0.25) is 0 Å². The number of carbonyl (C=O) groups is 2. The van der Waals surface area contributed by atoms with Gasteiger partial charge in [0.2, 0.25) is 0 Å². The number of rotatable bonds is 6. The van der Waals surface area contributed by atoms with Crippen molar-refractivity contribution in [2.24, 2.45) is 10.9 Å². The van der Waals surface area contributed by atoms with Crippen LogP contribution in [0, 0.1) is 5.92 Å². The maximum Gasteiger partial charge on any atom is 0.325 e. The Hall–Kier alpha value is -2.83. The SMILES string of the molecule is CCOC(=O)C(C=Nc1ccc2nccnc2c1)C(=O)OCC. The molecule has 2 rings (SSSR count). The van der Waals surface area contributed by atoms with Crippen molar-refractivity contribution in [1.29, 1.82) is 0 Å². The minimum Gasteiger partial charge on any atom is -0.465 e. The molecule has 1 aromatic carbocycles. The third-order valence-corrected chi connectivity index (χ3v) is 2.91. The fourth-order valence-corrected chi connectivity index (χ4v) is 1.87. The zero-order valence-corrected chi connectivity index (χ0v) is 12.9. The molecule has 1 aromatic heterocycles. The summed E-state index contributed by atoms with van der Waals surface area (Å²) in [6.07, 6.45) is 4.41. The predicted octanol–water partition coefficient (Wildman–Crippen LogP) is 2.07. The molecule has 0 unspecified atom stereocenters. The Morgan fingerprint density at radius 1 is 1.09 bits per heavy atom. The molecular weight excluding hydrogens is 298 g/mol. The zero-order chi connectivity index (χ0) is 16.7. The monoisotopic (exact) mass is 315 g/mol. The van der Waals surface area contributed by atoms with Crippen molar-refractivity contribution >= 4 is 34.9 Å². The molecule has 0 saturated carbocycles. The maximum atomic E-state index is 11.9. The number of benzene rings is 1. The second kappa shape index (κ2) is 7.98. The number of carbonyl (C=O) groups excluding carboxylic acids is 2. The number of hydrogen-bond donors (Lipinski definition) is 0. The molecule has 0 fully saturated rings. The van der Waals surface area contributed by atoms with Gasteiger partial charge in [0.1, 0.15) is 0 Å². The normalized spacial score (nSPS) is 11.1. The third kappa shape index (κ3) is 4.32. The molecule has 120 valence electrons. The molecule has 0 spiro atoms. The van der Waals surface area contributed by atoms with E-state index in [2.05, 4.69) is 15.0 Å². The number of nitrogens with zero attached hydrogens (tertiary/aromatic N) is 3. The molecule has 7 nitrogen and oxygen atoms in total. The second-order valence-corrected chi connectivity index (χ2v) is 4.49. The molecule has 0 amide bonds. The molecule has 0 N–H and O–H groups in total. The van der Waals surface area contributed by atoms with Gasteiger partial charge in [-0.3, -0.25) is 24.5 Å². The van der Waals surface area contributed by atoms with Gasteiger partial charge >= 0.3 is 11.9 Å². The Labute approximate surface area is 133 Å². The molecule has 7 heteroatoms. The summed E-state index contributed by atoms with van der Waals surface area (Å²) in [7, 11) is 0. The molecule has 0 aliphatic carbocycles. The quantitative estimate of drug-likeness (QED) is 0.460. The molecule has 0 atom stereocenters.